The number of carbonyl (C=O) groups excluding carboxylic acids is 1. The van der Waals surface area contributed by atoms with Crippen molar-refractivity contribution in [2.75, 3.05) is 0 Å². The van der Waals surface area contributed by atoms with Gasteiger partial charge in [-0.05, 0) is 38.8 Å². The summed E-state index contributed by atoms with van der Waals surface area (Å²) < 4.78 is 1.86. The molecule has 0 spiro atoms. The molecule has 4 heteroatoms. The first kappa shape index (κ1) is 12.6. The number of nitrogens with one attached hydrogen (secondary N) is 1. The van der Waals surface area contributed by atoms with E-state index in [1.807, 2.05) is 43.5 Å². The maximum atomic E-state index is 12.2. The van der Waals surface area contributed by atoms with Crippen LogP contribution in [-0.2, 0) is 0 Å². The summed E-state index contributed by atoms with van der Waals surface area (Å²) in [6.45, 7) is 7.93. The number of hydrogen-bond acceptors (Lipinski definition) is 2. The average Bonchev–Trinajstić information content (AvgIpc) is 2.64. The number of imidazole rings is 1. The van der Waals surface area contributed by atoms with Gasteiger partial charge in [0.1, 0.15) is 11.3 Å². The van der Waals surface area contributed by atoms with Crippen LogP contribution in [0.5, 0.6) is 0 Å². The molecule has 2 aromatic heterocycles. The Morgan fingerprint density at radius 2 is 2.17 bits per heavy atom. The second-order valence-electron chi connectivity index (χ2n) is 4.76. The number of carbonyl (C=O) groups is 1. The quantitative estimate of drug-likeness (QED) is 0.903. The Balaban J connectivity index is 2.46. The molecule has 0 aliphatic heterocycles. The topological polar surface area (TPSA) is 46.4 Å². The fourth-order valence-corrected chi connectivity index (χ4v) is 1.94. The Hall–Kier alpha value is -1.84. The highest BCUT2D eigenvalue weighted by atomic mass is 16.2. The molecule has 0 aliphatic rings. The third-order valence-electron chi connectivity index (χ3n) is 3.15. The van der Waals surface area contributed by atoms with E-state index in [9.17, 15) is 4.79 Å². The fraction of sp³-hybridized carbons (Fsp3) is 0.429. The number of nitrogens with zero attached hydrogens (tertiary/aromatic N) is 2. The van der Waals surface area contributed by atoms with E-state index in [0.29, 0.717) is 5.69 Å². The van der Waals surface area contributed by atoms with Gasteiger partial charge in [0.25, 0.3) is 5.91 Å². The molecular formula is C14H19N3O. The molecule has 0 saturated carbocycles. The van der Waals surface area contributed by atoms with E-state index in [0.717, 1.165) is 23.3 Å². The third-order valence-corrected chi connectivity index (χ3v) is 3.15. The monoisotopic (exact) mass is 245 g/mol. The van der Waals surface area contributed by atoms with Crippen molar-refractivity contribution in [3.05, 3.63) is 35.3 Å². The van der Waals surface area contributed by atoms with E-state index < -0.39 is 0 Å². The smallest absolute Gasteiger partial charge is 0.270 e. The van der Waals surface area contributed by atoms with Crippen LogP contribution in [0.3, 0.4) is 0 Å². The van der Waals surface area contributed by atoms with Crippen molar-refractivity contribution in [2.24, 2.45) is 0 Å². The van der Waals surface area contributed by atoms with Gasteiger partial charge < -0.3 is 5.32 Å². The lowest BCUT2D eigenvalue weighted by atomic mass is 10.2. The van der Waals surface area contributed by atoms with Gasteiger partial charge in [-0.3, -0.25) is 9.20 Å². The molecule has 18 heavy (non-hydrogen) atoms. The minimum absolute atomic E-state index is 0.0556. The predicted molar refractivity (Wildman–Crippen MR) is 71.9 cm³/mol. The van der Waals surface area contributed by atoms with Crippen molar-refractivity contribution in [3.8, 4) is 0 Å². The number of pyridine rings is 1. The number of aromatic nitrogens is 2. The van der Waals surface area contributed by atoms with Crippen molar-refractivity contribution in [2.45, 2.75) is 40.2 Å². The van der Waals surface area contributed by atoms with Gasteiger partial charge in [0.2, 0.25) is 0 Å². The molecule has 2 rings (SSSR count). The van der Waals surface area contributed by atoms with Gasteiger partial charge in [-0.25, -0.2) is 4.98 Å². The van der Waals surface area contributed by atoms with E-state index in [4.69, 9.17) is 0 Å². The number of hydrogen-bond donors (Lipinski definition) is 1. The molecule has 0 fully saturated rings. The number of fused-ring (bicyclic) bond motifs is 1. The average molecular weight is 245 g/mol. The van der Waals surface area contributed by atoms with E-state index in [2.05, 4.69) is 17.2 Å². The van der Waals surface area contributed by atoms with Gasteiger partial charge in [0, 0.05) is 12.2 Å². The Labute approximate surface area is 107 Å². The SMILES string of the molecule is CCC(C)NC(=O)c1c(C)nc2ccc(C)cn12. The Morgan fingerprint density at radius 3 is 2.83 bits per heavy atom. The van der Waals surface area contributed by atoms with Gasteiger partial charge in [-0.1, -0.05) is 13.0 Å². The van der Waals surface area contributed by atoms with Crippen molar-refractivity contribution in [1.82, 2.24) is 14.7 Å². The summed E-state index contributed by atoms with van der Waals surface area (Å²) in [7, 11) is 0. The molecule has 1 amide bonds. The summed E-state index contributed by atoms with van der Waals surface area (Å²) in [6.07, 6.45) is 2.86. The number of amides is 1. The molecule has 0 saturated heterocycles. The summed E-state index contributed by atoms with van der Waals surface area (Å²) in [5, 5.41) is 2.98. The van der Waals surface area contributed by atoms with Crippen LogP contribution in [-0.4, -0.2) is 21.3 Å². The molecule has 0 aliphatic carbocycles. The van der Waals surface area contributed by atoms with E-state index in [1.165, 1.54) is 0 Å². The Morgan fingerprint density at radius 1 is 1.44 bits per heavy atom. The van der Waals surface area contributed by atoms with E-state index in [-0.39, 0.29) is 11.9 Å². The molecule has 96 valence electrons. The van der Waals surface area contributed by atoms with Crippen LogP contribution in [0.2, 0.25) is 0 Å². The highest BCUT2D eigenvalue weighted by Crippen LogP contribution is 2.13. The lowest BCUT2D eigenvalue weighted by molar-refractivity contribution is 0.0932. The van der Waals surface area contributed by atoms with Crippen LogP contribution in [0.25, 0.3) is 5.65 Å². The molecule has 2 aromatic rings. The lowest BCUT2D eigenvalue weighted by Gasteiger charge is -2.11. The maximum Gasteiger partial charge on any atom is 0.270 e. The minimum atomic E-state index is -0.0556. The highest BCUT2D eigenvalue weighted by molar-refractivity contribution is 5.94. The molecule has 0 radical (unpaired) electrons. The second kappa shape index (κ2) is 4.80. The summed E-state index contributed by atoms with van der Waals surface area (Å²) >= 11 is 0. The van der Waals surface area contributed by atoms with Crippen molar-refractivity contribution < 1.29 is 4.79 Å². The zero-order valence-corrected chi connectivity index (χ0v) is 11.3. The molecule has 2 heterocycles. The van der Waals surface area contributed by atoms with Crippen molar-refractivity contribution in [3.63, 3.8) is 0 Å². The van der Waals surface area contributed by atoms with E-state index >= 15 is 0 Å². The molecule has 0 aromatic carbocycles. The van der Waals surface area contributed by atoms with Crippen LogP contribution < -0.4 is 5.32 Å². The number of rotatable bonds is 3. The van der Waals surface area contributed by atoms with Gasteiger partial charge in [-0.15, -0.1) is 0 Å². The third kappa shape index (κ3) is 2.23. The predicted octanol–water partition coefficient (Wildman–Crippen LogP) is 2.48. The summed E-state index contributed by atoms with van der Waals surface area (Å²) in [5.74, 6) is -0.0556. The van der Waals surface area contributed by atoms with Gasteiger partial charge >= 0.3 is 0 Å². The van der Waals surface area contributed by atoms with Crippen molar-refractivity contribution in [1.29, 1.82) is 0 Å². The standard InChI is InChI=1S/C14H19N3O/c1-5-10(3)15-14(18)13-11(4)16-12-7-6-9(2)8-17(12)13/h6-8,10H,5H2,1-4H3,(H,15,18). The molecule has 1 unspecified atom stereocenters. The van der Waals surface area contributed by atoms with Crippen LogP contribution in [0.4, 0.5) is 0 Å². The Bertz CT molecular complexity index is 586. The minimum Gasteiger partial charge on any atom is -0.348 e. The van der Waals surface area contributed by atoms with Crippen LogP contribution >= 0.6 is 0 Å². The van der Waals surface area contributed by atoms with Gasteiger partial charge in [0.05, 0.1) is 5.69 Å². The van der Waals surface area contributed by atoms with Gasteiger partial charge in [0.15, 0.2) is 0 Å². The normalized spacial score (nSPS) is 12.7. The molecular weight excluding hydrogens is 226 g/mol. The van der Waals surface area contributed by atoms with Crippen molar-refractivity contribution >= 4 is 11.6 Å². The second-order valence-corrected chi connectivity index (χ2v) is 4.76. The largest absolute Gasteiger partial charge is 0.348 e. The zero-order valence-electron chi connectivity index (χ0n) is 11.3. The lowest BCUT2D eigenvalue weighted by Crippen LogP contribution is -2.33. The van der Waals surface area contributed by atoms with E-state index in [1.54, 1.807) is 0 Å². The number of aryl methyl sites for hydroxylation is 2. The summed E-state index contributed by atoms with van der Waals surface area (Å²) in [6, 6.07) is 4.10. The highest BCUT2D eigenvalue weighted by Gasteiger charge is 2.17. The molecule has 4 nitrogen and oxygen atoms in total. The fourth-order valence-electron chi connectivity index (χ4n) is 1.94. The molecule has 1 atom stereocenters. The summed E-state index contributed by atoms with van der Waals surface area (Å²) in [4.78, 5) is 16.7. The molecule has 0 bridgehead atoms. The van der Waals surface area contributed by atoms with Crippen LogP contribution in [0.15, 0.2) is 18.3 Å². The molecule has 1 N–H and O–H groups in total. The summed E-state index contributed by atoms with van der Waals surface area (Å²) in [5.41, 5.74) is 3.32. The van der Waals surface area contributed by atoms with Gasteiger partial charge in [-0.2, -0.15) is 0 Å². The van der Waals surface area contributed by atoms with Crippen LogP contribution in [0, 0.1) is 13.8 Å². The first-order valence-electron chi connectivity index (χ1n) is 6.29. The Kier molecular flexibility index (Phi) is 3.36. The first-order chi connectivity index (χ1) is 8.52. The maximum absolute atomic E-state index is 12.2. The van der Waals surface area contributed by atoms with Crippen LogP contribution in [0.1, 0.15) is 42.0 Å². The zero-order chi connectivity index (χ0) is 13.3. The first-order valence-corrected chi connectivity index (χ1v) is 6.29.